The van der Waals surface area contributed by atoms with Crippen LogP contribution < -0.4 is 10.1 Å². The van der Waals surface area contributed by atoms with Crippen LogP contribution in [-0.2, 0) is 23.8 Å². The lowest BCUT2D eigenvalue weighted by molar-refractivity contribution is -0.160. The van der Waals surface area contributed by atoms with Gasteiger partial charge in [0.25, 0.3) is 17.6 Å². The van der Waals surface area contributed by atoms with E-state index in [-0.39, 0.29) is 75.6 Å². The van der Waals surface area contributed by atoms with E-state index in [9.17, 15) is 44.7 Å². The monoisotopic (exact) mass is 940 g/mol. The van der Waals surface area contributed by atoms with Crippen LogP contribution in [0.5, 0.6) is 23.0 Å². The van der Waals surface area contributed by atoms with Gasteiger partial charge in [-0.2, -0.15) is 5.10 Å². The molecule has 0 aliphatic carbocycles. The third-order valence-corrected chi connectivity index (χ3v) is 13.5. The van der Waals surface area contributed by atoms with Crippen molar-refractivity contribution < 1.29 is 63.7 Å². The lowest BCUT2D eigenvalue weighted by Crippen LogP contribution is -2.57. The summed E-state index contributed by atoms with van der Waals surface area (Å²) >= 11 is 0. The van der Waals surface area contributed by atoms with Gasteiger partial charge in [-0.15, -0.1) is 0 Å². The van der Waals surface area contributed by atoms with Crippen molar-refractivity contribution in [2.45, 2.75) is 112 Å². The molecule has 6 N–H and O–H groups in total. The van der Waals surface area contributed by atoms with Crippen molar-refractivity contribution in [2.75, 3.05) is 25.5 Å². The minimum Gasteiger partial charge on any atom is -0.507 e. The highest BCUT2D eigenvalue weighted by Crippen LogP contribution is 2.55. The van der Waals surface area contributed by atoms with E-state index < -0.39 is 88.8 Å². The van der Waals surface area contributed by atoms with Crippen LogP contribution in [0.4, 0.5) is 5.69 Å². The Kier molecular flexibility index (Phi) is 15.3. The number of nitrogens with one attached hydrogen (secondary N) is 1. The van der Waals surface area contributed by atoms with E-state index in [0.29, 0.717) is 5.56 Å². The molecule has 1 fully saturated rings. The second-order valence-electron chi connectivity index (χ2n) is 18.5. The fourth-order valence-corrected chi connectivity index (χ4v) is 9.53. The third-order valence-electron chi connectivity index (χ3n) is 13.5. The molecule has 17 nitrogen and oxygen atoms in total. The number of aromatic hydroxyl groups is 3. The molecule has 2 unspecified atom stereocenters. The second kappa shape index (κ2) is 20.4. The van der Waals surface area contributed by atoms with Gasteiger partial charge < -0.3 is 54.7 Å². The molecule has 0 spiro atoms. The number of hydrogen-bond acceptors (Lipinski definition) is 15. The molecule has 4 aliphatic rings. The Labute approximate surface area is 396 Å². The van der Waals surface area contributed by atoms with Gasteiger partial charge in [-0.1, -0.05) is 64.1 Å². The summed E-state index contributed by atoms with van der Waals surface area (Å²) in [7, 11) is 1.43. The van der Waals surface area contributed by atoms with E-state index in [1.807, 2.05) is 19.9 Å². The Morgan fingerprint density at radius 2 is 1.53 bits per heavy atom. The molecule has 11 atom stereocenters. The fraction of sp³-hybridized carbons (Fsp3) is 0.471. The number of allylic oxidation sites excluding steroid dienone is 2. The SMILES string of the molecule is CO[C@H]1/C=C/O[C@@]2(C)Oc3c(C)c(O)c4c(O)c(c(/C=N\N5CC(C)N(C(=O)c6ccccc6)C(C)C5)c(O)c4c3C2=O)NC(=O)/C(C)=C\C=C\[C@H](C)[C@H](O)[C@@H](C)[C@@H](O)[C@@H](C)[C@H](OC(C)=O)[C@@H]1C. The first-order valence-corrected chi connectivity index (χ1v) is 22.8. The Bertz CT molecular complexity index is 2550. The summed E-state index contributed by atoms with van der Waals surface area (Å²) in [6, 6.07) is 8.30. The smallest absolute Gasteiger partial charge is 0.312 e. The summed E-state index contributed by atoms with van der Waals surface area (Å²) in [5.41, 5.74) is -0.0701. The number of ketones is 1. The number of carbonyl (C=O) groups excluding carboxylic acids is 4. The topological polar surface area (TPSA) is 237 Å². The summed E-state index contributed by atoms with van der Waals surface area (Å²) in [5.74, 6) is -8.94. The summed E-state index contributed by atoms with van der Waals surface area (Å²) in [6.07, 6.45) is 4.62. The fourth-order valence-electron chi connectivity index (χ4n) is 9.53. The lowest BCUT2D eigenvalue weighted by atomic mass is 9.78. The number of hydrogen-bond donors (Lipinski definition) is 6. The maximum atomic E-state index is 14.6. The van der Waals surface area contributed by atoms with Crippen LogP contribution in [0, 0.1) is 30.6 Å². The Morgan fingerprint density at radius 3 is 2.15 bits per heavy atom. The number of anilines is 1. The van der Waals surface area contributed by atoms with Crippen molar-refractivity contribution in [3.8, 4) is 23.0 Å². The van der Waals surface area contributed by atoms with Gasteiger partial charge in [0.15, 0.2) is 5.75 Å². The number of Topliss-reactive ketones (excluding diaryl/α,β-unsaturated/α-hetero) is 1. The molecule has 2 amide bonds. The molecule has 3 aromatic rings. The number of carbonyl (C=O) groups is 4. The van der Waals surface area contributed by atoms with E-state index in [2.05, 4.69) is 10.4 Å². The van der Waals surface area contributed by atoms with Crippen LogP contribution in [0.2, 0.25) is 0 Å². The lowest BCUT2D eigenvalue weighted by Gasteiger charge is -2.43. The average Bonchev–Trinajstić information content (AvgIpc) is 3.56. The van der Waals surface area contributed by atoms with Crippen LogP contribution in [0.1, 0.15) is 94.2 Å². The minimum atomic E-state index is -2.09. The highest BCUT2D eigenvalue weighted by atomic mass is 16.7. The number of phenols is 3. The highest BCUT2D eigenvalue weighted by Gasteiger charge is 2.50. The standard InChI is InChI=1S/C51H64N4O13/c1-25-16-15-17-26(2)49(63)53-40-35(22-52-54-23-27(3)55(28(4)24-54)50(64)34-18-13-12-14-19-34)44(60)37-38(45(40)61)43(59)32(8)47-39(37)48(62)51(10,68-47)66-21-20-36(65-11)29(5)46(67-33(9)56)31(7)42(58)30(6)41(25)57/h12-22,25,27-31,36,41-42,46,57-61H,23-24H2,1-11H3,(H,53,63)/b16-15+,21-20+,26-17-,52-22-/t25-,27?,28?,29+,30+,31+,36-,41-,42+,46+,51-/m0/s1. The third kappa shape index (κ3) is 9.78. The molecule has 4 heterocycles. The number of hydrazone groups is 1. The van der Waals surface area contributed by atoms with Gasteiger partial charge in [0.1, 0.15) is 23.4 Å². The van der Waals surface area contributed by atoms with Crippen LogP contribution in [-0.4, -0.2) is 128 Å². The molecule has 0 aromatic heterocycles. The number of esters is 1. The van der Waals surface area contributed by atoms with Crippen LogP contribution in [0.15, 0.2) is 71.6 Å². The molecule has 68 heavy (non-hydrogen) atoms. The van der Waals surface area contributed by atoms with Gasteiger partial charge in [-0.3, -0.25) is 24.2 Å². The first kappa shape index (κ1) is 51.0. The number of aliphatic hydroxyl groups excluding tert-OH is 2. The molecule has 17 heteroatoms. The number of methoxy groups -OCH3 is 1. The van der Waals surface area contributed by atoms with Gasteiger partial charge in [-0.05, 0) is 45.9 Å². The molecule has 0 saturated carbocycles. The number of aliphatic hydroxyl groups is 2. The van der Waals surface area contributed by atoms with Crippen molar-refractivity contribution in [3.63, 3.8) is 0 Å². The summed E-state index contributed by atoms with van der Waals surface area (Å²) < 4.78 is 23.7. The Balaban J connectivity index is 1.48. The van der Waals surface area contributed by atoms with E-state index in [1.54, 1.807) is 74.0 Å². The van der Waals surface area contributed by atoms with Gasteiger partial charge in [0.2, 0.25) is 0 Å². The zero-order valence-electron chi connectivity index (χ0n) is 40.4. The summed E-state index contributed by atoms with van der Waals surface area (Å²) in [6.45, 7) is 16.8. The number of ether oxygens (including phenoxy) is 4. The molecular formula is C51H64N4O13. The number of rotatable bonds is 5. The zero-order valence-corrected chi connectivity index (χ0v) is 40.4. The number of piperazine rings is 1. The molecule has 5 bridgehead atoms. The zero-order chi connectivity index (χ0) is 50.1. The number of amides is 2. The van der Waals surface area contributed by atoms with Crippen LogP contribution in [0.25, 0.3) is 10.8 Å². The Morgan fingerprint density at radius 1 is 0.882 bits per heavy atom. The van der Waals surface area contributed by atoms with E-state index in [1.165, 1.54) is 59.4 Å². The molecule has 7 rings (SSSR count). The molecule has 0 radical (unpaired) electrons. The van der Waals surface area contributed by atoms with Gasteiger partial charge in [0.05, 0.1) is 66.1 Å². The average molecular weight is 941 g/mol. The minimum absolute atomic E-state index is 0.0221. The second-order valence-corrected chi connectivity index (χ2v) is 18.5. The Hall–Kier alpha value is -6.43. The van der Waals surface area contributed by atoms with E-state index in [0.717, 1.165) is 0 Å². The predicted octanol–water partition coefficient (Wildman–Crippen LogP) is 6.32. The summed E-state index contributed by atoms with van der Waals surface area (Å²) in [4.78, 5) is 56.3. The van der Waals surface area contributed by atoms with E-state index in [4.69, 9.17) is 18.9 Å². The number of nitrogens with zero attached hydrogens (tertiary/aromatic N) is 3. The number of fused-ring (bicyclic) bond motifs is 14. The van der Waals surface area contributed by atoms with Gasteiger partial charge >= 0.3 is 11.8 Å². The van der Waals surface area contributed by atoms with Crippen molar-refractivity contribution >= 4 is 46.2 Å². The molecule has 366 valence electrons. The highest BCUT2D eigenvalue weighted by molar-refractivity contribution is 6.24. The van der Waals surface area contributed by atoms with Gasteiger partial charge in [0, 0.05) is 78.8 Å². The van der Waals surface area contributed by atoms with Crippen molar-refractivity contribution in [1.29, 1.82) is 0 Å². The largest absolute Gasteiger partial charge is 0.507 e. The predicted molar refractivity (Wildman–Crippen MR) is 255 cm³/mol. The van der Waals surface area contributed by atoms with Crippen molar-refractivity contribution in [1.82, 2.24) is 9.91 Å². The van der Waals surface area contributed by atoms with Crippen LogP contribution in [0.3, 0.4) is 0 Å². The molecule has 1 saturated heterocycles. The van der Waals surface area contributed by atoms with Crippen molar-refractivity contribution in [2.24, 2.45) is 28.8 Å². The van der Waals surface area contributed by atoms with Crippen LogP contribution >= 0.6 is 0 Å². The molecular weight excluding hydrogens is 877 g/mol. The maximum absolute atomic E-state index is 14.6. The number of phenolic OH excluding ortho intramolecular Hbond substituents is 3. The van der Waals surface area contributed by atoms with Crippen molar-refractivity contribution in [3.05, 3.63) is 88.7 Å². The van der Waals surface area contributed by atoms with E-state index >= 15 is 0 Å². The maximum Gasteiger partial charge on any atom is 0.312 e. The quantitative estimate of drug-likeness (QED) is 0.0711. The summed E-state index contributed by atoms with van der Waals surface area (Å²) in [5, 5.41) is 67.6. The number of benzene rings is 3. The molecule has 4 aliphatic heterocycles. The molecule has 3 aromatic carbocycles. The van der Waals surface area contributed by atoms with Gasteiger partial charge in [-0.25, -0.2) is 0 Å². The first-order chi connectivity index (χ1) is 32.0. The normalized spacial score (nSPS) is 31.2. The first-order valence-electron chi connectivity index (χ1n) is 22.8.